The normalized spacial score (nSPS) is 10.6. The van der Waals surface area contributed by atoms with Gasteiger partial charge in [0.15, 0.2) is 0 Å². The third-order valence-electron chi connectivity index (χ3n) is 3.62. The van der Waals surface area contributed by atoms with E-state index in [-0.39, 0.29) is 0 Å². The summed E-state index contributed by atoms with van der Waals surface area (Å²) in [4.78, 5) is 7.66. The third kappa shape index (κ3) is 3.66. The predicted octanol–water partition coefficient (Wildman–Crippen LogP) is 3.12. The van der Waals surface area contributed by atoms with Gasteiger partial charge in [-0.2, -0.15) is 0 Å². The van der Waals surface area contributed by atoms with Crippen LogP contribution in [0.4, 0.5) is 5.69 Å². The lowest BCUT2D eigenvalue weighted by Gasteiger charge is -2.06. The van der Waals surface area contributed by atoms with E-state index in [0.717, 1.165) is 28.5 Å². The zero-order valence-electron chi connectivity index (χ0n) is 13.3. The summed E-state index contributed by atoms with van der Waals surface area (Å²) < 4.78 is 7.39. The topological polar surface area (TPSA) is 80.7 Å². The molecule has 0 atom stereocenters. The van der Waals surface area contributed by atoms with Crippen LogP contribution in [-0.4, -0.2) is 24.8 Å². The van der Waals surface area contributed by atoms with Crippen LogP contribution >= 0.6 is 0 Å². The average Bonchev–Trinajstić information content (AvgIpc) is 3.34. The maximum atomic E-state index is 5.70. The standard InChI is InChI=1S/C18H16N6O/c1-2-4-16(5-3-1)25-11-18-19-10-17(22-18)14-6-8-15(9-7-14)23-24-12-20-21-13-24/h1-10,12-13,23H,11H2,(H,19,22). The average molecular weight is 332 g/mol. The Morgan fingerprint density at radius 3 is 2.48 bits per heavy atom. The minimum Gasteiger partial charge on any atom is -0.486 e. The molecule has 0 fully saturated rings. The summed E-state index contributed by atoms with van der Waals surface area (Å²) in [6.07, 6.45) is 5.01. The lowest BCUT2D eigenvalue weighted by atomic mass is 10.1. The van der Waals surface area contributed by atoms with E-state index in [4.69, 9.17) is 4.74 Å². The summed E-state index contributed by atoms with van der Waals surface area (Å²) in [5, 5.41) is 7.50. The Balaban J connectivity index is 1.41. The second kappa shape index (κ2) is 6.88. The molecule has 7 nitrogen and oxygen atoms in total. The number of ether oxygens (including phenoxy) is 1. The number of anilines is 1. The summed E-state index contributed by atoms with van der Waals surface area (Å²) in [7, 11) is 0. The molecule has 2 aromatic heterocycles. The fraction of sp³-hybridized carbons (Fsp3) is 0.0556. The van der Waals surface area contributed by atoms with Crippen molar-refractivity contribution < 1.29 is 4.74 Å². The van der Waals surface area contributed by atoms with E-state index in [1.807, 2.05) is 60.8 Å². The lowest BCUT2D eigenvalue weighted by molar-refractivity contribution is 0.297. The monoisotopic (exact) mass is 332 g/mol. The quantitative estimate of drug-likeness (QED) is 0.567. The van der Waals surface area contributed by atoms with Crippen molar-refractivity contribution in [3.8, 4) is 17.0 Å². The number of nitrogens with zero attached hydrogens (tertiary/aromatic N) is 4. The van der Waals surface area contributed by atoms with Crippen LogP contribution in [0.2, 0.25) is 0 Å². The molecule has 0 aliphatic rings. The first-order valence-corrected chi connectivity index (χ1v) is 7.81. The molecule has 2 heterocycles. The Labute approximate surface area is 144 Å². The van der Waals surface area contributed by atoms with Crippen molar-refractivity contribution in [1.29, 1.82) is 0 Å². The maximum Gasteiger partial charge on any atom is 0.146 e. The third-order valence-corrected chi connectivity index (χ3v) is 3.62. The van der Waals surface area contributed by atoms with Gasteiger partial charge in [-0.1, -0.05) is 30.3 Å². The van der Waals surface area contributed by atoms with Crippen LogP contribution in [-0.2, 0) is 6.61 Å². The van der Waals surface area contributed by atoms with Crippen LogP contribution in [0.1, 0.15) is 5.82 Å². The zero-order valence-corrected chi connectivity index (χ0v) is 13.3. The summed E-state index contributed by atoms with van der Waals surface area (Å²) in [5.41, 5.74) is 6.09. The summed E-state index contributed by atoms with van der Waals surface area (Å²) in [6.45, 7) is 0.400. The van der Waals surface area contributed by atoms with E-state index >= 15 is 0 Å². The first-order chi connectivity index (χ1) is 12.4. The summed E-state index contributed by atoms with van der Waals surface area (Å²) in [5.74, 6) is 1.61. The van der Waals surface area contributed by atoms with E-state index in [0.29, 0.717) is 6.61 Å². The molecule has 4 aromatic rings. The molecule has 124 valence electrons. The SMILES string of the molecule is c1ccc(OCc2ncc(-c3ccc(Nn4cnnc4)cc3)[nH]2)cc1. The second-order valence-corrected chi connectivity index (χ2v) is 5.40. The number of para-hydroxylation sites is 1. The van der Waals surface area contributed by atoms with Gasteiger partial charge in [-0.05, 0) is 29.8 Å². The van der Waals surface area contributed by atoms with Crippen LogP contribution in [0.3, 0.4) is 0 Å². The molecule has 4 rings (SSSR count). The number of aromatic nitrogens is 5. The van der Waals surface area contributed by atoms with Crippen molar-refractivity contribution in [2.45, 2.75) is 6.61 Å². The molecule has 7 heteroatoms. The molecular formula is C18H16N6O. The van der Waals surface area contributed by atoms with E-state index in [9.17, 15) is 0 Å². The summed E-state index contributed by atoms with van der Waals surface area (Å²) in [6, 6.07) is 17.7. The maximum absolute atomic E-state index is 5.70. The molecule has 0 aliphatic heterocycles. The Kier molecular flexibility index (Phi) is 4.11. The van der Waals surface area contributed by atoms with Gasteiger partial charge in [-0.25, -0.2) is 9.66 Å². The van der Waals surface area contributed by atoms with Gasteiger partial charge in [0.2, 0.25) is 0 Å². The highest BCUT2D eigenvalue weighted by atomic mass is 16.5. The molecule has 0 aliphatic carbocycles. The number of imidazole rings is 1. The molecule has 0 amide bonds. The molecule has 0 saturated carbocycles. The summed E-state index contributed by atoms with van der Waals surface area (Å²) >= 11 is 0. The number of hydrogen-bond donors (Lipinski definition) is 2. The Hall–Kier alpha value is -3.61. The second-order valence-electron chi connectivity index (χ2n) is 5.40. The van der Waals surface area contributed by atoms with E-state index in [1.54, 1.807) is 17.3 Å². The fourth-order valence-electron chi connectivity index (χ4n) is 2.38. The van der Waals surface area contributed by atoms with Crippen molar-refractivity contribution >= 4 is 5.69 Å². The van der Waals surface area contributed by atoms with E-state index < -0.39 is 0 Å². The lowest BCUT2D eigenvalue weighted by Crippen LogP contribution is -2.05. The predicted molar refractivity (Wildman–Crippen MR) is 93.8 cm³/mol. The molecule has 2 aromatic carbocycles. The fourth-order valence-corrected chi connectivity index (χ4v) is 2.38. The van der Waals surface area contributed by atoms with Crippen LogP contribution < -0.4 is 10.2 Å². The van der Waals surface area contributed by atoms with E-state index in [2.05, 4.69) is 25.6 Å². The smallest absolute Gasteiger partial charge is 0.146 e. The van der Waals surface area contributed by atoms with Crippen molar-refractivity contribution in [2.75, 3.05) is 5.43 Å². The highest BCUT2D eigenvalue weighted by Crippen LogP contribution is 2.20. The molecule has 25 heavy (non-hydrogen) atoms. The molecule has 2 N–H and O–H groups in total. The minimum atomic E-state index is 0.400. The van der Waals surface area contributed by atoms with Crippen LogP contribution in [0.15, 0.2) is 73.4 Å². The van der Waals surface area contributed by atoms with Gasteiger partial charge in [0.05, 0.1) is 17.6 Å². The molecule has 0 unspecified atom stereocenters. The van der Waals surface area contributed by atoms with Gasteiger partial charge < -0.3 is 9.72 Å². The number of rotatable bonds is 6. The van der Waals surface area contributed by atoms with Crippen LogP contribution in [0.25, 0.3) is 11.3 Å². The molecule has 0 radical (unpaired) electrons. The van der Waals surface area contributed by atoms with Gasteiger partial charge >= 0.3 is 0 Å². The first-order valence-electron chi connectivity index (χ1n) is 7.81. The van der Waals surface area contributed by atoms with Crippen molar-refractivity contribution in [3.05, 3.63) is 79.3 Å². The number of benzene rings is 2. The van der Waals surface area contributed by atoms with Gasteiger partial charge in [0, 0.05) is 0 Å². The van der Waals surface area contributed by atoms with E-state index in [1.165, 1.54) is 0 Å². The van der Waals surface area contributed by atoms with Gasteiger partial charge in [0.1, 0.15) is 30.8 Å². The largest absolute Gasteiger partial charge is 0.486 e. The van der Waals surface area contributed by atoms with Crippen LogP contribution in [0, 0.1) is 0 Å². The van der Waals surface area contributed by atoms with Gasteiger partial charge in [0.25, 0.3) is 0 Å². The number of hydrogen-bond acceptors (Lipinski definition) is 5. The highest BCUT2D eigenvalue weighted by molar-refractivity contribution is 5.62. The van der Waals surface area contributed by atoms with Gasteiger partial charge in [-0.15, -0.1) is 10.2 Å². The number of nitrogens with one attached hydrogen (secondary N) is 2. The van der Waals surface area contributed by atoms with Gasteiger partial charge in [-0.3, -0.25) is 5.43 Å². The highest BCUT2D eigenvalue weighted by Gasteiger charge is 2.04. The Morgan fingerprint density at radius 1 is 0.960 bits per heavy atom. The van der Waals surface area contributed by atoms with Crippen molar-refractivity contribution in [2.24, 2.45) is 0 Å². The van der Waals surface area contributed by atoms with Crippen molar-refractivity contribution in [1.82, 2.24) is 24.8 Å². The Bertz CT molecular complexity index is 916. The zero-order chi connectivity index (χ0) is 16.9. The molecule has 0 spiro atoms. The molecule has 0 bridgehead atoms. The van der Waals surface area contributed by atoms with Crippen LogP contribution in [0.5, 0.6) is 5.75 Å². The minimum absolute atomic E-state index is 0.400. The first kappa shape index (κ1) is 14.9. The molecular weight excluding hydrogens is 316 g/mol. The number of H-pyrrole nitrogens is 1. The molecule has 0 saturated heterocycles. The van der Waals surface area contributed by atoms with Crippen molar-refractivity contribution in [3.63, 3.8) is 0 Å². The Morgan fingerprint density at radius 2 is 1.72 bits per heavy atom. The number of aromatic amines is 1.